The van der Waals surface area contributed by atoms with Gasteiger partial charge < -0.3 is 0 Å². The van der Waals surface area contributed by atoms with Crippen LogP contribution in [-0.2, 0) is 0 Å². The van der Waals surface area contributed by atoms with Crippen LogP contribution in [0.2, 0.25) is 0 Å². The fourth-order valence-corrected chi connectivity index (χ4v) is 18.4. The van der Waals surface area contributed by atoms with Crippen molar-refractivity contribution in [3.8, 4) is 22.3 Å². The van der Waals surface area contributed by atoms with Crippen LogP contribution in [0.5, 0.6) is 0 Å². The Morgan fingerprint density at radius 3 is 0.635 bits per heavy atom. The van der Waals surface area contributed by atoms with Crippen LogP contribution in [0.1, 0.15) is 198 Å². The molecule has 0 aliphatic carbocycles. The van der Waals surface area contributed by atoms with Crippen molar-refractivity contribution in [3.05, 3.63) is 192 Å². The van der Waals surface area contributed by atoms with Gasteiger partial charge in [0.2, 0.25) is 0 Å². The average Bonchev–Trinajstić information content (AvgIpc) is 0.706. The summed E-state index contributed by atoms with van der Waals surface area (Å²) in [7, 11) is 0. The van der Waals surface area contributed by atoms with Gasteiger partial charge in [0.15, 0.2) is 0 Å². The average molecular weight is 1260 g/mol. The van der Waals surface area contributed by atoms with Gasteiger partial charge >= 0.3 is 0 Å². The maximum atomic E-state index is 14.9. The predicted molar refractivity (Wildman–Crippen MR) is 405 cm³/mol. The molecule has 476 valence electrons. The van der Waals surface area contributed by atoms with Crippen LogP contribution < -0.4 is 0 Å². The predicted octanol–water partition coefficient (Wildman–Crippen LogP) is 25.0. The molecule has 15 aromatic carbocycles. The minimum Gasteiger partial charge on any atom is -0.271 e. The lowest BCUT2D eigenvalue weighted by Crippen LogP contribution is -2.47. The van der Waals surface area contributed by atoms with Gasteiger partial charge in [0.25, 0.3) is 23.6 Å². The van der Waals surface area contributed by atoms with E-state index in [1.807, 2.05) is 24.3 Å². The maximum absolute atomic E-state index is 14.9. The molecule has 0 saturated carbocycles. The van der Waals surface area contributed by atoms with E-state index in [4.69, 9.17) is 0 Å². The van der Waals surface area contributed by atoms with Gasteiger partial charge in [0, 0.05) is 45.1 Å². The van der Waals surface area contributed by atoms with E-state index in [9.17, 15) is 19.2 Å². The third-order valence-electron chi connectivity index (χ3n) is 22.9. The molecule has 2 aliphatic heterocycles. The Hall–Kier alpha value is -9.52. The van der Waals surface area contributed by atoms with E-state index in [-0.39, 0.29) is 35.7 Å². The van der Waals surface area contributed by atoms with Crippen LogP contribution >= 0.6 is 0 Å². The molecule has 17 rings (SSSR count). The van der Waals surface area contributed by atoms with Crippen molar-refractivity contribution in [1.82, 2.24) is 9.80 Å². The van der Waals surface area contributed by atoms with Crippen molar-refractivity contribution in [2.45, 2.75) is 168 Å². The summed E-state index contributed by atoms with van der Waals surface area (Å²) in [4.78, 5) is 62.9. The van der Waals surface area contributed by atoms with Gasteiger partial charge in [0.1, 0.15) is 0 Å². The summed E-state index contributed by atoms with van der Waals surface area (Å²) in [6, 6.07) is 62.1. The smallest absolute Gasteiger partial charge is 0.261 e. The highest BCUT2D eigenvalue weighted by Crippen LogP contribution is 2.52. The van der Waals surface area contributed by atoms with Crippen LogP contribution in [0.4, 0.5) is 0 Å². The third-order valence-corrected chi connectivity index (χ3v) is 22.9. The zero-order valence-corrected chi connectivity index (χ0v) is 56.0. The molecule has 0 spiro atoms. The maximum Gasteiger partial charge on any atom is 0.261 e. The fraction of sp³-hybridized carbons (Fsp3) is 0.289. The number of carbonyl (C=O) groups is 4. The number of carbonyl (C=O) groups excluding carboxylic acids is 4. The van der Waals surface area contributed by atoms with E-state index in [0.29, 0.717) is 22.3 Å². The normalized spacial score (nSPS) is 13.9. The minimum absolute atomic E-state index is 0.108. The molecular formula is C90H82N2O4. The molecule has 0 bridgehead atoms. The largest absolute Gasteiger partial charge is 0.271 e. The SMILES string of the molecule is CCCCCCC(CCCCCC)N1C(=O)c2ccc3c4cccc5c(-c6ccc7c8ccc(-c9ccc%10c%11ccc%12c%13c(ccc(c%14cccc9c%14%10)c%13%11)C(=O)N(C(CCCCCC)CCCCCC)C%12=O)c9cccc(c%10cccc6c%107)c98)ccc(c6ccc(c2c36)C1=O)c54. The summed E-state index contributed by atoms with van der Waals surface area (Å²) in [6.45, 7) is 8.90. The van der Waals surface area contributed by atoms with Gasteiger partial charge in [0.05, 0.1) is 0 Å². The molecule has 15 aromatic rings. The topological polar surface area (TPSA) is 74.8 Å². The third kappa shape index (κ3) is 9.09. The van der Waals surface area contributed by atoms with Crippen molar-refractivity contribution in [3.63, 3.8) is 0 Å². The highest BCUT2D eigenvalue weighted by molar-refractivity contribution is 6.42. The van der Waals surface area contributed by atoms with E-state index < -0.39 is 0 Å². The monoisotopic (exact) mass is 1250 g/mol. The Bertz CT molecular complexity index is 5140. The first kappa shape index (κ1) is 60.2. The highest BCUT2D eigenvalue weighted by atomic mass is 16.2. The second kappa shape index (κ2) is 24.3. The first-order valence-corrected chi connectivity index (χ1v) is 36.5. The van der Waals surface area contributed by atoms with Crippen LogP contribution in [0.3, 0.4) is 0 Å². The lowest BCUT2D eigenvalue weighted by molar-refractivity contribution is 0.0501. The molecule has 0 fully saturated rings. The van der Waals surface area contributed by atoms with Crippen molar-refractivity contribution < 1.29 is 19.2 Å². The van der Waals surface area contributed by atoms with Gasteiger partial charge in [-0.25, -0.2) is 0 Å². The van der Waals surface area contributed by atoms with Crippen molar-refractivity contribution >= 4 is 153 Å². The number of hydrogen-bond acceptors (Lipinski definition) is 4. The first-order valence-electron chi connectivity index (χ1n) is 36.5. The molecule has 0 radical (unpaired) electrons. The fourth-order valence-electron chi connectivity index (χ4n) is 18.4. The number of amides is 4. The second-order valence-corrected chi connectivity index (χ2v) is 28.4. The van der Waals surface area contributed by atoms with Crippen LogP contribution in [-0.4, -0.2) is 45.5 Å². The number of benzene rings is 15. The number of nitrogens with zero attached hydrogens (tertiary/aromatic N) is 2. The van der Waals surface area contributed by atoms with Gasteiger partial charge in [-0.3, -0.25) is 29.0 Å². The van der Waals surface area contributed by atoms with E-state index >= 15 is 0 Å². The molecule has 6 heteroatoms. The summed E-state index contributed by atoms with van der Waals surface area (Å²) < 4.78 is 0. The summed E-state index contributed by atoms with van der Waals surface area (Å²) in [5.41, 5.74) is 7.27. The summed E-state index contributed by atoms with van der Waals surface area (Å²) in [5, 5.41) is 26.9. The molecule has 2 aliphatic rings. The number of fused-ring (bicyclic) bond motifs is 6. The van der Waals surface area contributed by atoms with Crippen LogP contribution in [0.15, 0.2) is 170 Å². The molecule has 0 unspecified atom stereocenters. The van der Waals surface area contributed by atoms with Gasteiger partial charge in [-0.15, -0.1) is 0 Å². The summed E-state index contributed by atoms with van der Waals surface area (Å²) in [6.07, 6.45) is 21.2. The first-order chi connectivity index (χ1) is 47.2. The standard InChI is InChI=1S/C90H82N2O4/c1-5-9-13-17-25-53(26-18-14-10-6-2)91-87(93)75-49-45-71-65-35-23-31-61-57(39-43-69(81(61)65)73-47-51-77(89(91)95)85(75)83(71)73)55-37-41-67-68-42-38-56(60-30-22-34-64(80(60)68)63-33-21-29-59(55)79(63)67)58-40-44-70-74-48-52-78-86-76(50-46-72(84(74)86)66-36-24-32-62(58)82(66)70)88(94)92(90(78)96)54(27-19-15-11-7-3)28-20-16-12-8-4/h21-24,29-54H,5-20,25-28H2,1-4H3. The Morgan fingerprint density at radius 1 is 0.208 bits per heavy atom. The number of unbranched alkanes of at least 4 members (excludes halogenated alkanes) is 12. The molecule has 2 heterocycles. The van der Waals surface area contributed by atoms with E-state index in [1.54, 1.807) is 9.80 Å². The van der Waals surface area contributed by atoms with Crippen molar-refractivity contribution in [2.75, 3.05) is 0 Å². The Morgan fingerprint density at radius 2 is 0.406 bits per heavy atom. The zero-order valence-electron chi connectivity index (χ0n) is 56.0. The summed E-state index contributed by atoms with van der Waals surface area (Å²) in [5.74, 6) is -0.582. The lowest BCUT2D eigenvalue weighted by Gasteiger charge is -2.35. The molecule has 0 atom stereocenters. The van der Waals surface area contributed by atoms with Crippen molar-refractivity contribution in [1.29, 1.82) is 0 Å². The minimum atomic E-state index is -0.145. The molecule has 6 nitrogen and oxygen atoms in total. The van der Waals surface area contributed by atoms with E-state index in [2.05, 4.69) is 173 Å². The number of rotatable bonds is 24. The molecular weight excluding hydrogens is 1170 g/mol. The van der Waals surface area contributed by atoms with E-state index in [0.717, 1.165) is 167 Å². The Kier molecular flexibility index (Phi) is 15.2. The molecule has 0 saturated heterocycles. The van der Waals surface area contributed by atoms with E-state index in [1.165, 1.54) is 113 Å². The van der Waals surface area contributed by atoms with Crippen molar-refractivity contribution in [2.24, 2.45) is 0 Å². The number of imide groups is 2. The van der Waals surface area contributed by atoms with Gasteiger partial charge in [-0.1, -0.05) is 276 Å². The molecule has 0 aromatic heterocycles. The second-order valence-electron chi connectivity index (χ2n) is 28.4. The lowest BCUT2D eigenvalue weighted by atomic mass is 9.81. The molecule has 4 amide bonds. The molecule has 0 N–H and O–H groups in total. The highest BCUT2D eigenvalue weighted by Gasteiger charge is 2.40. The van der Waals surface area contributed by atoms with Crippen LogP contribution in [0, 0.1) is 0 Å². The van der Waals surface area contributed by atoms with Crippen LogP contribution in [0.25, 0.3) is 152 Å². The molecule has 96 heavy (non-hydrogen) atoms. The van der Waals surface area contributed by atoms with Gasteiger partial charge in [-0.2, -0.15) is 0 Å². The number of hydrogen-bond donors (Lipinski definition) is 0. The van der Waals surface area contributed by atoms with Gasteiger partial charge in [-0.05, 0) is 191 Å². The quantitative estimate of drug-likeness (QED) is 0.0261. The summed E-state index contributed by atoms with van der Waals surface area (Å²) >= 11 is 0. The Labute approximate surface area is 561 Å². The Balaban J connectivity index is 0.752. The zero-order chi connectivity index (χ0) is 65.0.